The monoisotopic (exact) mass is 491 g/mol. The molecule has 2 saturated heterocycles. The summed E-state index contributed by atoms with van der Waals surface area (Å²) in [5.41, 5.74) is 2.67. The Kier molecular flexibility index (Phi) is 6.49. The average molecular weight is 491 g/mol. The molecule has 7 nitrogen and oxygen atoms in total. The Labute approximate surface area is 191 Å². The van der Waals surface area contributed by atoms with E-state index in [4.69, 9.17) is 0 Å². The number of hydrogen-bond acceptors (Lipinski definition) is 5. The van der Waals surface area contributed by atoms with Gasteiger partial charge in [0.25, 0.3) is 6.10 Å². The van der Waals surface area contributed by atoms with Crippen molar-refractivity contribution in [3.63, 3.8) is 0 Å². The predicted octanol–water partition coefficient (Wildman–Crippen LogP) is 3.96. The normalized spacial score (nSPS) is 21.4. The quantitative estimate of drug-likeness (QED) is 0.593. The van der Waals surface area contributed by atoms with Crippen LogP contribution in [0, 0.1) is 11.8 Å². The fourth-order valence-electron chi connectivity index (χ4n) is 4.59. The fourth-order valence-corrected chi connectivity index (χ4v) is 4.59. The molecular weight excluding hydrogens is 468 g/mol. The second-order valence-electron chi connectivity index (χ2n) is 8.57. The summed E-state index contributed by atoms with van der Waals surface area (Å²) in [6, 6.07) is 3.73. The van der Waals surface area contributed by atoms with Crippen molar-refractivity contribution in [2.45, 2.75) is 38.5 Å². The second-order valence-corrected chi connectivity index (χ2v) is 8.57. The minimum absolute atomic E-state index is 0.0477. The third kappa shape index (κ3) is 5.13. The van der Waals surface area contributed by atoms with Crippen LogP contribution in [0.15, 0.2) is 30.7 Å². The van der Waals surface area contributed by atoms with Crippen LogP contribution in [-0.4, -0.2) is 75.3 Å². The number of carbonyl (C=O) groups is 1. The minimum Gasteiger partial charge on any atom is -0.426 e. The van der Waals surface area contributed by atoms with Crippen LogP contribution in [0.1, 0.15) is 12.5 Å². The van der Waals surface area contributed by atoms with Gasteiger partial charge in [-0.2, -0.15) is 31.4 Å². The highest BCUT2D eigenvalue weighted by Gasteiger charge is 2.60. The maximum Gasteiger partial charge on any atom is 0.434 e. The summed E-state index contributed by atoms with van der Waals surface area (Å²) < 4.78 is 81.9. The predicted molar refractivity (Wildman–Crippen MR) is 107 cm³/mol. The van der Waals surface area contributed by atoms with E-state index in [1.54, 1.807) is 12.4 Å². The summed E-state index contributed by atoms with van der Waals surface area (Å²) in [5.74, 6) is -0.128. The number of fused-ring (bicyclic) bond motifs is 1. The summed E-state index contributed by atoms with van der Waals surface area (Å²) in [6.07, 6.45) is -11.8. The summed E-state index contributed by atoms with van der Waals surface area (Å²) in [4.78, 5) is 19.3. The highest BCUT2D eigenvalue weighted by atomic mass is 19.4. The number of amides is 1. The van der Waals surface area contributed by atoms with E-state index in [2.05, 4.69) is 19.7 Å². The smallest absolute Gasteiger partial charge is 0.426 e. The molecule has 2 atom stereocenters. The van der Waals surface area contributed by atoms with Crippen LogP contribution in [0.3, 0.4) is 0 Å². The van der Waals surface area contributed by atoms with Crippen molar-refractivity contribution < 1.29 is 35.9 Å². The third-order valence-electron chi connectivity index (χ3n) is 6.12. The highest BCUT2D eigenvalue weighted by molar-refractivity contribution is 5.68. The van der Waals surface area contributed by atoms with Crippen LogP contribution in [0.25, 0.3) is 11.3 Å². The van der Waals surface area contributed by atoms with Crippen molar-refractivity contribution in [3.05, 3.63) is 36.3 Å². The average Bonchev–Trinajstić information content (AvgIpc) is 3.44. The molecule has 0 spiro atoms. The van der Waals surface area contributed by atoms with Gasteiger partial charge in [-0.15, -0.1) is 0 Å². The van der Waals surface area contributed by atoms with Crippen LogP contribution in [0.5, 0.6) is 0 Å². The molecule has 0 saturated carbocycles. The van der Waals surface area contributed by atoms with E-state index < -0.39 is 24.5 Å². The lowest BCUT2D eigenvalue weighted by Gasteiger charge is -2.26. The molecule has 13 heteroatoms. The minimum atomic E-state index is -5.73. The maximum atomic E-state index is 12.7. The lowest BCUT2D eigenvalue weighted by molar-refractivity contribution is -0.308. The Morgan fingerprint density at radius 3 is 2.29 bits per heavy atom. The molecule has 4 rings (SSSR count). The summed E-state index contributed by atoms with van der Waals surface area (Å²) >= 11 is 0. The van der Waals surface area contributed by atoms with Crippen molar-refractivity contribution >= 4 is 6.09 Å². The maximum absolute atomic E-state index is 12.7. The number of nitrogens with zero attached hydrogens (tertiary/aromatic N) is 5. The number of pyridine rings is 1. The van der Waals surface area contributed by atoms with E-state index >= 15 is 0 Å². The molecule has 4 heterocycles. The summed E-state index contributed by atoms with van der Waals surface area (Å²) in [6.45, 7) is 4.44. The molecule has 0 N–H and O–H groups in total. The number of aryl methyl sites for hydroxylation is 1. The molecule has 2 fully saturated rings. The Morgan fingerprint density at radius 1 is 1.12 bits per heavy atom. The van der Waals surface area contributed by atoms with Crippen molar-refractivity contribution in [1.29, 1.82) is 0 Å². The van der Waals surface area contributed by atoms with Gasteiger partial charge in [0.1, 0.15) is 0 Å². The Balaban J connectivity index is 1.38. The van der Waals surface area contributed by atoms with Crippen LogP contribution < -0.4 is 0 Å². The van der Waals surface area contributed by atoms with Crippen molar-refractivity contribution in [2.75, 3.05) is 26.2 Å². The van der Waals surface area contributed by atoms with Gasteiger partial charge in [0.05, 0.1) is 5.69 Å². The second kappa shape index (κ2) is 9.08. The molecule has 0 aliphatic carbocycles. The van der Waals surface area contributed by atoms with E-state index in [1.165, 1.54) is 0 Å². The number of rotatable bonds is 5. The zero-order valence-corrected chi connectivity index (χ0v) is 18.2. The fraction of sp³-hybridized carbons (Fsp3) is 0.571. The molecule has 186 valence electrons. The number of likely N-dealkylation sites (tertiary alicyclic amines) is 2. The summed E-state index contributed by atoms with van der Waals surface area (Å²) in [5, 5.41) is 4.61. The Bertz CT molecular complexity index is 981. The molecule has 2 aliphatic heterocycles. The van der Waals surface area contributed by atoms with E-state index in [0.29, 0.717) is 26.2 Å². The van der Waals surface area contributed by atoms with Gasteiger partial charge in [0.2, 0.25) is 0 Å². The zero-order chi connectivity index (χ0) is 24.7. The molecule has 34 heavy (non-hydrogen) atoms. The lowest BCUT2D eigenvalue weighted by atomic mass is 10.0. The van der Waals surface area contributed by atoms with Crippen LogP contribution >= 0.6 is 0 Å². The zero-order valence-electron chi connectivity index (χ0n) is 18.2. The van der Waals surface area contributed by atoms with Gasteiger partial charge in [-0.1, -0.05) is 0 Å². The van der Waals surface area contributed by atoms with Gasteiger partial charge in [-0.05, 0) is 30.9 Å². The number of aromatic nitrogens is 3. The van der Waals surface area contributed by atoms with Crippen LogP contribution in [-0.2, 0) is 17.8 Å². The van der Waals surface area contributed by atoms with E-state index in [1.807, 2.05) is 29.9 Å². The van der Waals surface area contributed by atoms with Crippen molar-refractivity contribution in [3.8, 4) is 11.3 Å². The van der Waals surface area contributed by atoms with Crippen molar-refractivity contribution in [1.82, 2.24) is 24.6 Å². The Morgan fingerprint density at radius 2 is 1.76 bits per heavy atom. The lowest BCUT2D eigenvalue weighted by Crippen LogP contribution is -2.48. The number of alkyl halides is 6. The van der Waals surface area contributed by atoms with Crippen LogP contribution in [0.4, 0.5) is 31.1 Å². The van der Waals surface area contributed by atoms with E-state index in [9.17, 15) is 31.1 Å². The van der Waals surface area contributed by atoms with Gasteiger partial charge in [-0.3, -0.25) is 14.6 Å². The molecule has 2 aromatic rings. The third-order valence-corrected chi connectivity index (χ3v) is 6.12. The number of halogens is 6. The molecular formula is C21H23F6N5O2. The molecule has 0 aromatic carbocycles. The molecule has 1 amide bonds. The van der Waals surface area contributed by atoms with E-state index in [-0.39, 0.29) is 24.9 Å². The molecule has 2 aliphatic rings. The van der Waals surface area contributed by atoms with Crippen molar-refractivity contribution in [2.24, 2.45) is 11.8 Å². The SMILES string of the molecule is CCn1cc(CN2CC3CN(C(=O)OC(C(F)(F)F)C(F)(F)F)CC3C2)c(-c2cccnc2)n1. The van der Waals surface area contributed by atoms with Gasteiger partial charge >= 0.3 is 18.4 Å². The first-order valence-electron chi connectivity index (χ1n) is 10.7. The largest absolute Gasteiger partial charge is 0.434 e. The summed E-state index contributed by atoms with van der Waals surface area (Å²) in [7, 11) is 0. The molecule has 2 aromatic heterocycles. The number of carbonyl (C=O) groups excluding carboxylic acids is 1. The molecule has 0 bridgehead atoms. The number of ether oxygens (including phenoxy) is 1. The molecule has 2 unspecified atom stereocenters. The number of hydrogen-bond donors (Lipinski definition) is 0. The highest BCUT2D eigenvalue weighted by Crippen LogP contribution is 2.38. The van der Waals surface area contributed by atoms with Gasteiger partial charge in [-0.25, -0.2) is 4.79 Å². The van der Waals surface area contributed by atoms with Gasteiger partial charge in [0.15, 0.2) is 0 Å². The van der Waals surface area contributed by atoms with Gasteiger partial charge < -0.3 is 9.64 Å². The first-order chi connectivity index (χ1) is 16.0. The first-order valence-corrected chi connectivity index (χ1v) is 10.7. The molecule has 0 radical (unpaired) electrons. The topological polar surface area (TPSA) is 63.5 Å². The first kappa shape index (κ1) is 24.3. The van der Waals surface area contributed by atoms with E-state index in [0.717, 1.165) is 21.7 Å². The standard InChI is InChI=1S/C21H23F6N5O2/c1-2-32-12-16(17(29-32)13-4-3-5-28-6-13)9-30-7-14-10-31(11-15(14)8-30)19(33)34-18(20(22,23)24)21(25,26)27/h3-6,12,14-15,18H,2,7-11H2,1H3. The Hall–Kier alpha value is -2.83. The van der Waals surface area contributed by atoms with Gasteiger partial charge in [0, 0.05) is 69.0 Å². The van der Waals surface area contributed by atoms with Crippen LogP contribution in [0.2, 0.25) is 0 Å².